The number of ether oxygens (including phenoxy) is 4. The second-order valence-corrected chi connectivity index (χ2v) is 11.2. The molecule has 2 bridgehead atoms. The van der Waals surface area contributed by atoms with Crippen molar-refractivity contribution in [1.82, 2.24) is 4.90 Å². The third kappa shape index (κ3) is 4.05. The molecule has 206 valence electrons. The number of esters is 3. The van der Waals surface area contributed by atoms with Gasteiger partial charge in [0.25, 0.3) is 0 Å². The molecule has 0 unspecified atom stereocenters. The minimum Gasteiger partial charge on any atom is -0.504 e. The maximum Gasteiger partial charge on any atom is 0.352 e. The Kier molecular flexibility index (Phi) is 6.67. The monoisotopic (exact) mass is 529 g/mol. The van der Waals surface area contributed by atoms with E-state index in [-0.39, 0.29) is 49.3 Å². The molecule has 1 aromatic carbocycles. The van der Waals surface area contributed by atoms with Crippen LogP contribution in [0.1, 0.15) is 57.6 Å². The summed E-state index contributed by atoms with van der Waals surface area (Å²) in [5.41, 5.74) is -0.260. The number of aliphatic hydroxyl groups is 1. The summed E-state index contributed by atoms with van der Waals surface area (Å²) >= 11 is 0. The maximum atomic E-state index is 12.9. The van der Waals surface area contributed by atoms with Crippen molar-refractivity contribution in [3.63, 3.8) is 0 Å². The Morgan fingerprint density at radius 1 is 1.18 bits per heavy atom. The number of likely N-dealkylation sites (N-methyl/N-ethyl adjacent to an activating group) is 1. The lowest BCUT2D eigenvalue weighted by Crippen LogP contribution is -2.74. The van der Waals surface area contributed by atoms with Crippen LogP contribution in [0.3, 0.4) is 0 Å². The summed E-state index contributed by atoms with van der Waals surface area (Å²) in [5.74, 6) is -1.30. The van der Waals surface area contributed by atoms with Crippen LogP contribution in [0.15, 0.2) is 24.0 Å². The van der Waals surface area contributed by atoms with Gasteiger partial charge in [-0.1, -0.05) is 19.9 Å². The number of nitrogens with zero attached hydrogens (tertiary/aromatic N) is 1. The maximum absolute atomic E-state index is 12.9. The van der Waals surface area contributed by atoms with Crippen molar-refractivity contribution in [3.05, 3.63) is 35.1 Å². The quantitative estimate of drug-likeness (QED) is 0.381. The van der Waals surface area contributed by atoms with E-state index in [2.05, 4.69) is 4.90 Å². The minimum absolute atomic E-state index is 0.0212. The van der Waals surface area contributed by atoms with Crippen LogP contribution >= 0.6 is 0 Å². The van der Waals surface area contributed by atoms with Crippen molar-refractivity contribution in [1.29, 1.82) is 0 Å². The van der Waals surface area contributed by atoms with Crippen LogP contribution in [0, 0.1) is 5.92 Å². The van der Waals surface area contributed by atoms with E-state index in [9.17, 15) is 24.6 Å². The molecule has 0 aromatic heterocycles. The first-order chi connectivity index (χ1) is 18.0. The highest BCUT2D eigenvalue weighted by molar-refractivity contribution is 5.82. The molecule has 2 aliphatic carbocycles. The Balaban J connectivity index is 1.30. The predicted octanol–water partition coefficient (Wildman–Crippen LogP) is 2.12. The molecule has 1 fully saturated rings. The number of benzene rings is 1. The van der Waals surface area contributed by atoms with Crippen LogP contribution in [0.5, 0.6) is 11.5 Å². The first kappa shape index (κ1) is 26.5. The smallest absolute Gasteiger partial charge is 0.352 e. The van der Waals surface area contributed by atoms with Crippen LogP contribution < -0.4 is 4.74 Å². The number of rotatable bonds is 8. The average Bonchev–Trinajstić information content (AvgIpc) is 3.23. The van der Waals surface area contributed by atoms with Crippen LogP contribution in [-0.4, -0.2) is 77.1 Å². The normalized spacial score (nSPS) is 29.6. The van der Waals surface area contributed by atoms with Crippen molar-refractivity contribution in [3.8, 4) is 11.5 Å². The topological polar surface area (TPSA) is 132 Å². The Labute approximate surface area is 221 Å². The number of phenols is 1. The molecular formula is C28H35NO9. The van der Waals surface area contributed by atoms with Gasteiger partial charge >= 0.3 is 17.9 Å². The molecule has 1 spiro atoms. The number of carbonyl (C=O) groups excluding carboxylic acids is 3. The first-order valence-corrected chi connectivity index (χ1v) is 13.2. The highest BCUT2D eigenvalue weighted by atomic mass is 16.6. The Morgan fingerprint density at radius 3 is 2.66 bits per heavy atom. The fraction of sp³-hybridized carbons (Fsp3) is 0.607. The van der Waals surface area contributed by atoms with Gasteiger partial charge < -0.3 is 34.1 Å². The lowest BCUT2D eigenvalue weighted by Gasteiger charge is -2.61. The second kappa shape index (κ2) is 9.57. The molecule has 5 atom stereocenters. The molecule has 2 heterocycles. The highest BCUT2D eigenvalue weighted by Crippen LogP contribution is 2.65. The summed E-state index contributed by atoms with van der Waals surface area (Å²) in [6.07, 6.45) is 0.678. The molecule has 0 saturated carbocycles. The van der Waals surface area contributed by atoms with Crippen molar-refractivity contribution < 1.29 is 43.5 Å². The molecule has 5 rings (SSSR count). The summed E-state index contributed by atoms with van der Waals surface area (Å²) in [4.78, 5) is 39.1. The van der Waals surface area contributed by atoms with E-state index in [1.54, 1.807) is 12.1 Å². The highest BCUT2D eigenvalue weighted by Gasteiger charge is 2.72. The second-order valence-electron chi connectivity index (χ2n) is 11.2. The number of carbonyl (C=O) groups is 3. The zero-order valence-corrected chi connectivity index (χ0v) is 22.2. The van der Waals surface area contributed by atoms with Gasteiger partial charge in [-0.2, -0.15) is 0 Å². The van der Waals surface area contributed by atoms with Crippen molar-refractivity contribution >= 4 is 17.9 Å². The van der Waals surface area contributed by atoms with E-state index in [0.29, 0.717) is 25.1 Å². The lowest BCUT2D eigenvalue weighted by atomic mass is 9.50. The summed E-state index contributed by atoms with van der Waals surface area (Å²) < 4.78 is 22.2. The Hall–Kier alpha value is -3.11. The summed E-state index contributed by atoms with van der Waals surface area (Å²) in [6.45, 7) is 6.19. The molecule has 0 radical (unpaired) electrons. The Bertz CT molecular complexity index is 1190. The number of phenolic OH excluding ortho intramolecular Hbond substituents is 1. The molecule has 10 heteroatoms. The average molecular weight is 530 g/mol. The van der Waals surface area contributed by atoms with Crippen molar-refractivity contribution in [2.45, 2.75) is 82.1 Å². The van der Waals surface area contributed by atoms with E-state index >= 15 is 0 Å². The van der Waals surface area contributed by atoms with Crippen LogP contribution in [0.4, 0.5) is 0 Å². The molecule has 4 aliphatic rings. The molecule has 2 N–H and O–H groups in total. The van der Waals surface area contributed by atoms with E-state index in [4.69, 9.17) is 18.9 Å². The number of likely N-dealkylation sites (tertiary alicyclic amines) is 1. The van der Waals surface area contributed by atoms with Crippen LogP contribution in [0.2, 0.25) is 0 Å². The number of hydrogen-bond acceptors (Lipinski definition) is 10. The van der Waals surface area contributed by atoms with Crippen LogP contribution in [-0.2, 0) is 40.4 Å². The van der Waals surface area contributed by atoms with Crippen molar-refractivity contribution in [2.75, 3.05) is 20.2 Å². The zero-order chi connectivity index (χ0) is 27.4. The SMILES string of the molecule is CC(C)COC(=O)CCC(=O)O[C@@H](C)C(=O)OC1=CC[C@@]2(O)[C@H]3Cc4ccc(O)c5c4[C@@]2(CCN3C)[C@H]1O5. The minimum atomic E-state index is -1.22. The third-order valence-electron chi connectivity index (χ3n) is 8.32. The summed E-state index contributed by atoms with van der Waals surface area (Å²) in [5, 5.41) is 22.7. The lowest BCUT2D eigenvalue weighted by molar-refractivity contribution is -0.175. The zero-order valence-electron chi connectivity index (χ0n) is 22.2. The fourth-order valence-corrected chi connectivity index (χ4v) is 6.48. The predicted molar refractivity (Wildman–Crippen MR) is 133 cm³/mol. The van der Waals surface area contributed by atoms with Gasteiger partial charge in [0.05, 0.1) is 30.5 Å². The Morgan fingerprint density at radius 2 is 1.92 bits per heavy atom. The molecule has 0 amide bonds. The standard InChI is InChI=1S/C28H35NO9/c1-15(2)14-35-21(31)7-8-22(32)36-16(3)26(33)37-19-9-10-28(34)20-13-17-5-6-18(30)24-23(17)27(28,25(19)38-24)11-12-29(20)4/h5-6,9,15-16,20,25,30,34H,7-8,10-14H2,1-4H3/t16-,20+,25-,27-,28+/m0/s1. The van der Waals surface area contributed by atoms with E-state index in [0.717, 1.165) is 11.1 Å². The van der Waals surface area contributed by atoms with Gasteiger partial charge in [-0.25, -0.2) is 4.79 Å². The molecule has 1 saturated heterocycles. The van der Waals surface area contributed by atoms with E-state index in [1.807, 2.05) is 27.0 Å². The molecule has 10 nitrogen and oxygen atoms in total. The summed E-state index contributed by atoms with van der Waals surface area (Å²) in [6, 6.07) is 3.31. The van der Waals surface area contributed by atoms with Gasteiger partial charge in [0.1, 0.15) is 5.76 Å². The first-order valence-electron chi connectivity index (χ1n) is 13.2. The molecule has 1 aromatic rings. The fourth-order valence-electron chi connectivity index (χ4n) is 6.48. The van der Waals surface area contributed by atoms with Gasteiger partial charge in [0, 0.05) is 18.0 Å². The number of aromatic hydroxyl groups is 1. The van der Waals surface area contributed by atoms with Crippen molar-refractivity contribution in [2.24, 2.45) is 5.92 Å². The van der Waals surface area contributed by atoms with Gasteiger partial charge in [0.2, 0.25) is 0 Å². The summed E-state index contributed by atoms with van der Waals surface area (Å²) in [7, 11) is 1.99. The van der Waals surface area contributed by atoms with E-state index in [1.165, 1.54) is 6.92 Å². The van der Waals surface area contributed by atoms with E-state index < -0.39 is 41.1 Å². The third-order valence-corrected chi connectivity index (χ3v) is 8.32. The van der Waals surface area contributed by atoms with Gasteiger partial charge in [-0.3, -0.25) is 9.59 Å². The van der Waals surface area contributed by atoms with Gasteiger partial charge in [0.15, 0.2) is 23.7 Å². The largest absolute Gasteiger partial charge is 0.504 e. The van der Waals surface area contributed by atoms with Gasteiger partial charge in [-0.05, 0) is 57.0 Å². The molecule has 2 aliphatic heterocycles. The molecular weight excluding hydrogens is 494 g/mol. The van der Waals surface area contributed by atoms with Crippen LogP contribution in [0.25, 0.3) is 0 Å². The number of piperidine rings is 1. The number of hydrogen-bond donors (Lipinski definition) is 2. The molecule has 38 heavy (non-hydrogen) atoms. The van der Waals surface area contributed by atoms with Gasteiger partial charge in [-0.15, -0.1) is 0 Å².